The minimum Gasteiger partial charge on any atom is -0.228 e. The third kappa shape index (κ3) is 4.40. The van der Waals surface area contributed by atoms with Crippen molar-refractivity contribution in [2.75, 3.05) is 0 Å². The van der Waals surface area contributed by atoms with E-state index in [9.17, 15) is 0 Å². The molecule has 9 aromatic rings. The molecule has 0 fully saturated rings. The van der Waals surface area contributed by atoms with Crippen LogP contribution >= 0.6 is 11.3 Å². The fourth-order valence-electron chi connectivity index (χ4n) is 8.03. The van der Waals surface area contributed by atoms with E-state index in [-0.39, 0.29) is 5.41 Å². The highest BCUT2D eigenvalue weighted by molar-refractivity contribution is 7.26. The van der Waals surface area contributed by atoms with Crippen LogP contribution in [0.2, 0.25) is 0 Å². The van der Waals surface area contributed by atoms with E-state index < -0.39 is 0 Å². The van der Waals surface area contributed by atoms with Crippen molar-refractivity contribution in [3.63, 3.8) is 0 Å². The van der Waals surface area contributed by atoms with Gasteiger partial charge in [-0.3, -0.25) is 0 Å². The molecule has 2 nitrogen and oxygen atoms in total. The van der Waals surface area contributed by atoms with E-state index in [1.54, 1.807) is 0 Å². The Morgan fingerprint density at radius 2 is 1.04 bits per heavy atom. The van der Waals surface area contributed by atoms with E-state index in [1.807, 2.05) is 11.3 Å². The summed E-state index contributed by atoms with van der Waals surface area (Å²) in [6.45, 7) is 4.69. The Balaban J connectivity index is 1.17. The van der Waals surface area contributed by atoms with Gasteiger partial charge in [0, 0.05) is 42.3 Å². The molecule has 3 heteroatoms. The van der Waals surface area contributed by atoms with E-state index >= 15 is 0 Å². The minimum atomic E-state index is -0.0585. The summed E-state index contributed by atoms with van der Waals surface area (Å²) in [4.78, 5) is 10.6. The second-order valence-corrected chi connectivity index (χ2v) is 14.8. The molecule has 50 heavy (non-hydrogen) atoms. The Bertz CT molecular complexity index is 2790. The Morgan fingerprint density at radius 3 is 1.90 bits per heavy atom. The van der Waals surface area contributed by atoms with Gasteiger partial charge >= 0.3 is 0 Å². The predicted molar refractivity (Wildman–Crippen MR) is 212 cm³/mol. The van der Waals surface area contributed by atoms with Gasteiger partial charge in [-0.25, -0.2) is 9.97 Å². The summed E-state index contributed by atoms with van der Waals surface area (Å²) in [6.07, 6.45) is 0. The van der Waals surface area contributed by atoms with Gasteiger partial charge in [0.2, 0.25) is 0 Å². The molecular weight excluding hydrogens is 625 g/mol. The van der Waals surface area contributed by atoms with Gasteiger partial charge in [0.1, 0.15) is 0 Å². The zero-order valence-electron chi connectivity index (χ0n) is 27.8. The molecule has 0 spiro atoms. The lowest BCUT2D eigenvalue weighted by Gasteiger charge is -2.22. The fourth-order valence-corrected chi connectivity index (χ4v) is 9.25. The maximum Gasteiger partial charge on any atom is 0.161 e. The standard InChI is InChI=1S/C47H32N2S/c1-47(2)40-21-10-8-17-34(40)35-24-23-30(27-41(35)47)31-25-26-38(33-16-7-6-15-32(31)33)46-48-42(29-13-4-3-5-14-29)28-43(49-46)39-20-12-19-37-36-18-9-11-22-44(36)50-45(37)39/h3-28H,1-2H3. The molecule has 0 N–H and O–H groups in total. The molecule has 7 aromatic carbocycles. The molecule has 10 rings (SSSR count). The van der Waals surface area contributed by atoms with Crippen LogP contribution in [-0.2, 0) is 5.41 Å². The Kier molecular flexibility index (Phi) is 6.43. The zero-order valence-corrected chi connectivity index (χ0v) is 28.6. The molecule has 0 radical (unpaired) electrons. The molecule has 0 saturated heterocycles. The Morgan fingerprint density at radius 1 is 0.420 bits per heavy atom. The number of fused-ring (bicyclic) bond motifs is 7. The number of nitrogens with zero attached hydrogens (tertiary/aromatic N) is 2. The third-order valence-corrected chi connectivity index (χ3v) is 11.8. The number of hydrogen-bond acceptors (Lipinski definition) is 3. The summed E-state index contributed by atoms with van der Waals surface area (Å²) >= 11 is 1.83. The monoisotopic (exact) mass is 656 g/mol. The predicted octanol–water partition coefficient (Wildman–Crippen LogP) is 13.0. The van der Waals surface area contributed by atoms with E-state index in [0.29, 0.717) is 0 Å². The van der Waals surface area contributed by atoms with E-state index in [4.69, 9.17) is 9.97 Å². The first kappa shape index (κ1) is 29.1. The molecule has 2 heterocycles. The van der Waals surface area contributed by atoms with Gasteiger partial charge in [0.15, 0.2) is 5.82 Å². The van der Waals surface area contributed by atoms with Crippen LogP contribution in [-0.4, -0.2) is 9.97 Å². The molecule has 2 aromatic heterocycles. The van der Waals surface area contributed by atoms with Crippen molar-refractivity contribution >= 4 is 42.3 Å². The molecule has 0 unspecified atom stereocenters. The van der Waals surface area contributed by atoms with Crippen molar-refractivity contribution < 1.29 is 0 Å². The summed E-state index contributed by atoms with van der Waals surface area (Å²) in [7, 11) is 0. The molecule has 0 aliphatic heterocycles. The van der Waals surface area contributed by atoms with Crippen LogP contribution in [0, 0.1) is 0 Å². The third-order valence-electron chi connectivity index (χ3n) is 10.5. The average Bonchev–Trinajstić information content (AvgIpc) is 3.66. The normalized spacial score (nSPS) is 13.2. The first-order chi connectivity index (χ1) is 24.5. The van der Waals surface area contributed by atoms with Crippen molar-refractivity contribution in [1.82, 2.24) is 9.97 Å². The average molecular weight is 657 g/mol. The van der Waals surface area contributed by atoms with Crippen molar-refractivity contribution in [1.29, 1.82) is 0 Å². The molecule has 1 aliphatic carbocycles. The molecule has 1 aliphatic rings. The second kappa shape index (κ2) is 11.1. The molecule has 0 atom stereocenters. The Hall–Kier alpha value is -5.90. The van der Waals surface area contributed by atoms with Gasteiger partial charge in [-0.15, -0.1) is 11.3 Å². The van der Waals surface area contributed by atoms with Crippen LogP contribution in [0.15, 0.2) is 158 Å². The zero-order chi connectivity index (χ0) is 33.4. The molecule has 0 bridgehead atoms. The number of aromatic nitrogens is 2. The lowest BCUT2D eigenvalue weighted by molar-refractivity contribution is 0.660. The van der Waals surface area contributed by atoms with E-state index in [2.05, 4.69) is 172 Å². The van der Waals surface area contributed by atoms with Gasteiger partial charge in [-0.05, 0) is 68.4 Å². The lowest BCUT2D eigenvalue weighted by Crippen LogP contribution is -2.14. The fraction of sp³-hybridized carbons (Fsp3) is 0.0638. The lowest BCUT2D eigenvalue weighted by atomic mass is 9.81. The first-order valence-corrected chi connectivity index (χ1v) is 18.0. The van der Waals surface area contributed by atoms with E-state index in [1.165, 1.54) is 58.9 Å². The second-order valence-electron chi connectivity index (χ2n) is 13.7. The summed E-state index contributed by atoms with van der Waals surface area (Å²) in [6, 6.07) is 56.9. The van der Waals surface area contributed by atoms with Gasteiger partial charge in [0.05, 0.1) is 11.4 Å². The molecule has 236 valence electrons. The van der Waals surface area contributed by atoms with Gasteiger partial charge in [-0.1, -0.05) is 147 Å². The van der Waals surface area contributed by atoms with Crippen LogP contribution < -0.4 is 0 Å². The highest BCUT2D eigenvalue weighted by Crippen LogP contribution is 2.50. The maximum absolute atomic E-state index is 5.36. The first-order valence-electron chi connectivity index (χ1n) is 17.2. The minimum absolute atomic E-state index is 0.0585. The SMILES string of the molecule is CC1(C)c2ccccc2-c2ccc(-c3ccc(-c4nc(-c5ccccc5)cc(-c5cccc6c5sc5ccccc56)n4)c4ccccc34)cc21. The number of rotatable bonds is 4. The summed E-state index contributed by atoms with van der Waals surface area (Å²) < 4.78 is 2.53. The van der Waals surface area contributed by atoms with Crippen LogP contribution in [0.5, 0.6) is 0 Å². The van der Waals surface area contributed by atoms with Gasteiger partial charge in [0.25, 0.3) is 0 Å². The molecule has 0 amide bonds. The summed E-state index contributed by atoms with van der Waals surface area (Å²) in [5.74, 6) is 0.729. The maximum atomic E-state index is 5.36. The number of benzene rings is 7. The smallest absolute Gasteiger partial charge is 0.161 e. The largest absolute Gasteiger partial charge is 0.228 e. The van der Waals surface area contributed by atoms with Gasteiger partial charge in [-0.2, -0.15) is 0 Å². The quantitative estimate of drug-likeness (QED) is 0.188. The van der Waals surface area contributed by atoms with Crippen molar-refractivity contribution in [3.05, 3.63) is 169 Å². The topological polar surface area (TPSA) is 25.8 Å². The molecular formula is C47H32N2S. The summed E-state index contributed by atoms with van der Waals surface area (Å²) in [5.41, 5.74) is 12.9. The Labute approximate surface area is 295 Å². The van der Waals surface area contributed by atoms with Crippen LogP contribution in [0.1, 0.15) is 25.0 Å². The van der Waals surface area contributed by atoms with Crippen LogP contribution in [0.4, 0.5) is 0 Å². The number of thiophene rings is 1. The highest BCUT2D eigenvalue weighted by atomic mass is 32.1. The van der Waals surface area contributed by atoms with Crippen molar-refractivity contribution in [2.24, 2.45) is 0 Å². The van der Waals surface area contributed by atoms with Crippen LogP contribution in [0.3, 0.4) is 0 Å². The summed E-state index contributed by atoms with van der Waals surface area (Å²) in [5, 5.41) is 4.89. The highest BCUT2D eigenvalue weighted by Gasteiger charge is 2.35. The van der Waals surface area contributed by atoms with E-state index in [0.717, 1.165) is 39.3 Å². The van der Waals surface area contributed by atoms with Gasteiger partial charge < -0.3 is 0 Å². The number of hydrogen-bond donors (Lipinski definition) is 0. The van der Waals surface area contributed by atoms with Crippen LogP contribution in [0.25, 0.3) is 87.1 Å². The van der Waals surface area contributed by atoms with Crippen molar-refractivity contribution in [2.45, 2.75) is 19.3 Å². The van der Waals surface area contributed by atoms with Crippen molar-refractivity contribution in [3.8, 4) is 56.2 Å². The molecule has 0 saturated carbocycles.